The number of nitrogens with one attached hydrogen (secondary N) is 1. The summed E-state index contributed by atoms with van der Waals surface area (Å²) in [6.45, 7) is 0. The molecular weight excluding hydrogens is 274 g/mol. The summed E-state index contributed by atoms with van der Waals surface area (Å²) in [6, 6.07) is 6.11. The lowest BCUT2D eigenvalue weighted by molar-refractivity contribution is -0.137. The molecule has 110 valence electrons. The predicted octanol–water partition coefficient (Wildman–Crippen LogP) is 0.398. The zero-order valence-electron chi connectivity index (χ0n) is 11.1. The molecule has 8 nitrogen and oxygen atoms in total. The van der Waals surface area contributed by atoms with Gasteiger partial charge in [0, 0.05) is 12.1 Å². The number of carboxylic acids is 1. The smallest absolute Gasteiger partial charge is 0.303 e. The average molecular weight is 289 g/mol. The number of anilines is 1. The van der Waals surface area contributed by atoms with Crippen molar-refractivity contribution < 1.29 is 14.7 Å². The topological polar surface area (TPSA) is 123 Å². The summed E-state index contributed by atoms with van der Waals surface area (Å²) in [5.41, 5.74) is 7.01. The zero-order valence-corrected chi connectivity index (χ0v) is 11.1. The fourth-order valence-electron chi connectivity index (χ4n) is 1.68. The highest BCUT2D eigenvalue weighted by Gasteiger charge is 2.14. The van der Waals surface area contributed by atoms with E-state index in [-0.39, 0.29) is 12.8 Å². The van der Waals surface area contributed by atoms with Crippen LogP contribution in [0, 0.1) is 0 Å². The molecule has 1 unspecified atom stereocenters. The van der Waals surface area contributed by atoms with E-state index in [0.29, 0.717) is 5.69 Å². The third kappa shape index (κ3) is 4.11. The average Bonchev–Trinajstić information content (AvgIpc) is 2.99. The van der Waals surface area contributed by atoms with Gasteiger partial charge in [-0.3, -0.25) is 9.59 Å². The molecule has 0 bridgehead atoms. The van der Waals surface area contributed by atoms with Gasteiger partial charge in [0.25, 0.3) is 0 Å². The largest absolute Gasteiger partial charge is 0.481 e. The van der Waals surface area contributed by atoms with Gasteiger partial charge in [0.05, 0.1) is 11.7 Å². The van der Waals surface area contributed by atoms with Gasteiger partial charge < -0.3 is 16.2 Å². The van der Waals surface area contributed by atoms with Crippen LogP contribution in [-0.2, 0) is 9.59 Å². The Kier molecular flexibility index (Phi) is 4.62. The molecule has 0 radical (unpaired) electrons. The summed E-state index contributed by atoms with van der Waals surface area (Å²) in [6.07, 6.45) is 2.95. The second kappa shape index (κ2) is 6.62. The van der Waals surface area contributed by atoms with Gasteiger partial charge >= 0.3 is 5.97 Å². The van der Waals surface area contributed by atoms with Gasteiger partial charge in [0.2, 0.25) is 5.91 Å². The second-order valence-corrected chi connectivity index (χ2v) is 4.42. The predicted molar refractivity (Wildman–Crippen MR) is 74.8 cm³/mol. The van der Waals surface area contributed by atoms with E-state index < -0.39 is 17.9 Å². The Balaban J connectivity index is 1.94. The summed E-state index contributed by atoms with van der Waals surface area (Å²) in [7, 11) is 0. The fraction of sp³-hybridized carbons (Fsp3) is 0.231. The van der Waals surface area contributed by atoms with Crippen LogP contribution < -0.4 is 11.1 Å². The van der Waals surface area contributed by atoms with Crippen molar-refractivity contribution in [3.63, 3.8) is 0 Å². The monoisotopic (exact) mass is 289 g/mol. The summed E-state index contributed by atoms with van der Waals surface area (Å²) in [5, 5.41) is 15.2. The van der Waals surface area contributed by atoms with Crippen LogP contribution in [0.3, 0.4) is 0 Å². The van der Waals surface area contributed by atoms with E-state index in [1.165, 1.54) is 6.33 Å². The van der Waals surface area contributed by atoms with Crippen molar-refractivity contribution in [1.82, 2.24) is 14.8 Å². The van der Waals surface area contributed by atoms with Gasteiger partial charge in [-0.15, -0.1) is 0 Å². The van der Waals surface area contributed by atoms with Crippen LogP contribution in [0.25, 0.3) is 5.69 Å². The molecule has 0 aliphatic carbocycles. The molecule has 2 aromatic rings. The number of rotatable bonds is 6. The first-order valence-electron chi connectivity index (χ1n) is 6.29. The molecule has 4 N–H and O–H groups in total. The van der Waals surface area contributed by atoms with Gasteiger partial charge in [-0.05, 0) is 30.7 Å². The van der Waals surface area contributed by atoms with E-state index >= 15 is 0 Å². The van der Waals surface area contributed by atoms with Crippen molar-refractivity contribution in [2.45, 2.75) is 18.9 Å². The van der Waals surface area contributed by atoms with Gasteiger partial charge in [0.1, 0.15) is 12.7 Å². The normalized spacial score (nSPS) is 11.9. The Morgan fingerprint density at radius 3 is 2.62 bits per heavy atom. The molecule has 0 aliphatic rings. The third-order valence-corrected chi connectivity index (χ3v) is 2.82. The maximum Gasteiger partial charge on any atom is 0.303 e. The van der Waals surface area contributed by atoms with E-state index in [4.69, 9.17) is 10.8 Å². The summed E-state index contributed by atoms with van der Waals surface area (Å²) in [5.74, 6) is -1.39. The molecular formula is C13H15N5O3. The maximum atomic E-state index is 11.8. The maximum absolute atomic E-state index is 11.8. The van der Waals surface area contributed by atoms with Crippen molar-refractivity contribution >= 4 is 17.6 Å². The first-order chi connectivity index (χ1) is 10.1. The summed E-state index contributed by atoms with van der Waals surface area (Å²) >= 11 is 0. The number of amides is 1. The van der Waals surface area contributed by atoms with Crippen molar-refractivity contribution in [3.05, 3.63) is 36.9 Å². The van der Waals surface area contributed by atoms with E-state index in [1.807, 2.05) is 0 Å². The molecule has 21 heavy (non-hydrogen) atoms. The number of benzene rings is 1. The van der Waals surface area contributed by atoms with Crippen LogP contribution >= 0.6 is 0 Å². The van der Waals surface area contributed by atoms with Crippen molar-refractivity contribution in [2.24, 2.45) is 5.73 Å². The van der Waals surface area contributed by atoms with Crippen LogP contribution in [0.15, 0.2) is 36.9 Å². The number of hydrogen-bond acceptors (Lipinski definition) is 5. The molecule has 8 heteroatoms. The summed E-state index contributed by atoms with van der Waals surface area (Å²) in [4.78, 5) is 26.1. The molecule has 0 aliphatic heterocycles. The van der Waals surface area contributed by atoms with Crippen LogP contribution in [0.1, 0.15) is 12.8 Å². The highest BCUT2D eigenvalue weighted by atomic mass is 16.4. The van der Waals surface area contributed by atoms with Crippen LogP contribution in [-0.4, -0.2) is 37.8 Å². The third-order valence-electron chi connectivity index (χ3n) is 2.82. The Hall–Kier alpha value is -2.74. The number of carbonyl (C=O) groups is 2. The number of nitrogens with two attached hydrogens (primary N) is 1. The lowest BCUT2D eigenvalue weighted by atomic mass is 10.1. The van der Waals surface area contributed by atoms with E-state index in [9.17, 15) is 9.59 Å². The van der Waals surface area contributed by atoms with Crippen LogP contribution in [0.5, 0.6) is 0 Å². The number of aliphatic carboxylic acids is 1. The molecule has 1 heterocycles. The quantitative estimate of drug-likeness (QED) is 0.707. The SMILES string of the molecule is NC(CCC(=O)O)C(=O)Nc1ccc(-n2cncn2)cc1. The highest BCUT2D eigenvalue weighted by Crippen LogP contribution is 2.12. The van der Waals surface area contributed by atoms with E-state index in [0.717, 1.165) is 5.69 Å². The minimum Gasteiger partial charge on any atom is -0.481 e. The van der Waals surface area contributed by atoms with Gasteiger partial charge in [-0.1, -0.05) is 0 Å². The van der Waals surface area contributed by atoms with Gasteiger partial charge in [-0.25, -0.2) is 9.67 Å². The first-order valence-corrected chi connectivity index (χ1v) is 6.29. The molecule has 0 spiro atoms. The number of nitrogens with zero attached hydrogens (tertiary/aromatic N) is 3. The molecule has 1 aromatic heterocycles. The summed E-state index contributed by atoms with van der Waals surface area (Å²) < 4.78 is 1.59. The van der Waals surface area contributed by atoms with Gasteiger partial charge in [-0.2, -0.15) is 5.10 Å². The Labute approximate surface area is 120 Å². The number of carboxylic acid groups (broad SMARTS) is 1. The minimum absolute atomic E-state index is 0.0954. The first kappa shape index (κ1) is 14.7. The lowest BCUT2D eigenvalue weighted by Gasteiger charge is -2.11. The molecule has 1 amide bonds. The number of aromatic nitrogens is 3. The van der Waals surface area contributed by atoms with Crippen molar-refractivity contribution in [1.29, 1.82) is 0 Å². The Morgan fingerprint density at radius 2 is 2.05 bits per heavy atom. The molecule has 1 atom stereocenters. The van der Waals surface area contributed by atoms with Crippen LogP contribution in [0.4, 0.5) is 5.69 Å². The molecule has 2 rings (SSSR count). The van der Waals surface area contributed by atoms with Crippen LogP contribution in [0.2, 0.25) is 0 Å². The Morgan fingerprint density at radius 1 is 1.33 bits per heavy atom. The lowest BCUT2D eigenvalue weighted by Crippen LogP contribution is -2.36. The zero-order chi connectivity index (χ0) is 15.2. The molecule has 0 fully saturated rings. The fourth-order valence-corrected chi connectivity index (χ4v) is 1.68. The molecule has 1 aromatic carbocycles. The number of hydrogen-bond donors (Lipinski definition) is 3. The molecule has 0 saturated heterocycles. The standard InChI is InChI=1S/C13H15N5O3/c14-11(5-6-12(19)20)13(21)17-9-1-3-10(4-2-9)18-8-15-7-16-18/h1-4,7-8,11H,5-6,14H2,(H,17,21)(H,19,20). The Bertz CT molecular complexity index is 609. The minimum atomic E-state index is -0.976. The van der Waals surface area contributed by atoms with Gasteiger partial charge in [0.15, 0.2) is 0 Å². The molecule has 0 saturated carbocycles. The highest BCUT2D eigenvalue weighted by molar-refractivity contribution is 5.94. The van der Waals surface area contributed by atoms with E-state index in [1.54, 1.807) is 35.3 Å². The second-order valence-electron chi connectivity index (χ2n) is 4.42. The van der Waals surface area contributed by atoms with Crippen molar-refractivity contribution in [2.75, 3.05) is 5.32 Å². The number of carbonyl (C=O) groups excluding carboxylic acids is 1. The van der Waals surface area contributed by atoms with Crippen molar-refractivity contribution in [3.8, 4) is 5.69 Å². The van der Waals surface area contributed by atoms with E-state index in [2.05, 4.69) is 15.4 Å².